The molecular weight excluding hydrogens is 252 g/mol. The van der Waals surface area contributed by atoms with Crippen molar-refractivity contribution in [1.29, 1.82) is 0 Å². The van der Waals surface area contributed by atoms with Crippen LogP contribution < -0.4 is 5.73 Å². The molecule has 0 spiro atoms. The van der Waals surface area contributed by atoms with E-state index in [1.807, 2.05) is 0 Å². The van der Waals surface area contributed by atoms with Crippen LogP contribution >= 0.6 is 12.2 Å². The van der Waals surface area contributed by atoms with Crippen LogP contribution in [0.3, 0.4) is 0 Å². The lowest BCUT2D eigenvalue weighted by atomic mass is 9.99. The van der Waals surface area contributed by atoms with E-state index in [0.717, 1.165) is 12.8 Å². The van der Waals surface area contributed by atoms with Crippen LogP contribution in [0.2, 0.25) is 0 Å². The Morgan fingerprint density at radius 3 is 2.72 bits per heavy atom. The standard InChI is InChI=1S/C12H20N2O3S/c1-3-17-12(16)9-6-4-5-7-14(9)11(15)8(2)10(13)18/h8-9H,3-7H2,1-2H3,(H2,13,18). The minimum absolute atomic E-state index is 0.160. The van der Waals surface area contributed by atoms with Gasteiger partial charge in [0.1, 0.15) is 6.04 Å². The number of carbonyl (C=O) groups excluding carboxylic acids is 2. The summed E-state index contributed by atoms with van der Waals surface area (Å²) in [5.74, 6) is -1.05. The predicted octanol–water partition coefficient (Wildman–Crippen LogP) is 0.853. The van der Waals surface area contributed by atoms with E-state index in [-0.39, 0.29) is 16.9 Å². The van der Waals surface area contributed by atoms with E-state index in [1.54, 1.807) is 18.7 Å². The first kappa shape index (κ1) is 14.9. The van der Waals surface area contributed by atoms with E-state index in [0.29, 0.717) is 19.6 Å². The predicted molar refractivity (Wildman–Crippen MR) is 71.9 cm³/mol. The van der Waals surface area contributed by atoms with E-state index in [2.05, 4.69) is 0 Å². The highest BCUT2D eigenvalue weighted by molar-refractivity contribution is 7.80. The fraction of sp³-hybridized carbons (Fsp3) is 0.750. The fourth-order valence-electron chi connectivity index (χ4n) is 2.05. The molecule has 1 heterocycles. The van der Waals surface area contributed by atoms with E-state index >= 15 is 0 Å². The molecular formula is C12H20N2O3S. The second-order valence-corrected chi connectivity index (χ2v) is 4.89. The van der Waals surface area contributed by atoms with Crippen molar-refractivity contribution in [1.82, 2.24) is 4.90 Å². The van der Waals surface area contributed by atoms with Crippen LogP contribution in [0.4, 0.5) is 0 Å². The zero-order valence-corrected chi connectivity index (χ0v) is 11.7. The second kappa shape index (κ2) is 6.68. The van der Waals surface area contributed by atoms with Crippen molar-refractivity contribution in [2.45, 2.75) is 39.2 Å². The molecule has 5 nitrogen and oxygen atoms in total. The molecule has 2 N–H and O–H groups in total. The largest absolute Gasteiger partial charge is 0.464 e. The molecule has 2 atom stereocenters. The fourth-order valence-corrected chi connectivity index (χ4v) is 2.15. The number of thiocarbonyl (C=S) groups is 1. The Bertz CT molecular complexity index is 346. The Kier molecular flexibility index (Phi) is 5.53. The summed E-state index contributed by atoms with van der Waals surface area (Å²) in [4.78, 5) is 25.8. The summed E-state index contributed by atoms with van der Waals surface area (Å²) in [6.07, 6.45) is 2.47. The van der Waals surface area contributed by atoms with Crippen molar-refractivity contribution < 1.29 is 14.3 Å². The third-order valence-electron chi connectivity index (χ3n) is 3.14. The first-order valence-corrected chi connectivity index (χ1v) is 6.66. The van der Waals surface area contributed by atoms with Crippen molar-refractivity contribution in [3.05, 3.63) is 0 Å². The van der Waals surface area contributed by atoms with Crippen molar-refractivity contribution in [2.24, 2.45) is 11.7 Å². The maximum atomic E-state index is 12.2. The Balaban J connectivity index is 2.79. The van der Waals surface area contributed by atoms with Gasteiger partial charge in [-0.15, -0.1) is 0 Å². The number of hydrogen-bond donors (Lipinski definition) is 1. The van der Waals surface area contributed by atoms with Crippen molar-refractivity contribution >= 4 is 29.1 Å². The molecule has 2 unspecified atom stereocenters. The van der Waals surface area contributed by atoms with Gasteiger partial charge in [0.25, 0.3) is 0 Å². The molecule has 0 aromatic heterocycles. The highest BCUT2D eigenvalue weighted by atomic mass is 32.1. The quantitative estimate of drug-likeness (QED) is 0.607. The number of amides is 1. The summed E-state index contributed by atoms with van der Waals surface area (Å²) >= 11 is 4.83. The Hall–Kier alpha value is -1.17. The number of nitrogens with zero attached hydrogens (tertiary/aromatic N) is 1. The third-order valence-corrected chi connectivity index (χ3v) is 3.50. The molecule has 18 heavy (non-hydrogen) atoms. The molecule has 6 heteroatoms. The van der Waals surface area contributed by atoms with Gasteiger partial charge < -0.3 is 15.4 Å². The normalized spacial score (nSPS) is 21.2. The molecule has 0 bridgehead atoms. The van der Waals surface area contributed by atoms with E-state index < -0.39 is 12.0 Å². The van der Waals surface area contributed by atoms with Gasteiger partial charge in [-0.25, -0.2) is 4.79 Å². The second-order valence-electron chi connectivity index (χ2n) is 4.42. The number of hydrogen-bond acceptors (Lipinski definition) is 4. The first-order valence-electron chi connectivity index (χ1n) is 6.25. The van der Waals surface area contributed by atoms with Gasteiger partial charge in [0.2, 0.25) is 5.91 Å². The van der Waals surface area contributed by atoms with Crippen LogP contribution in [0, 0.1) is 5.92 Å². The van der Waals surface area contributed by atoms with E-state index in [4.69, 9.17) is 22.7 Å². The summed E-state index contributed by atoms with van der Waals surface area (Å²) in [6.45, 7) is 4.31. The van der Waals surface area contributed by atoms with Gasteiger partial charge in [0.15, 0.2) is 0 Å². The number of esters is 1. The number of nitrogens with two attached hydrogens (primary N) is 1. The molecule has 1 amide bonds. The van der Waals surface area contributed by atoms with Gasteiger partial charge in [0.05, 0.1) is 17.5 Å². The van der Waals surface area contributed by atoms with Crippen LogP contribution in [0.15, 0.2) is 0 Å². The molecule has 0 aromatic rings. The highest BCUT2D eigenvalue weighted by Crippen LogP contribution is 2.20. The number of ether oxygens (including phenoxy) is 1. The summed E-state index contributed by atoms with van der Waals surface area (Å²) < 4.78 is 5.01. The molecule has 1 rings (SSSR count). The van der Waals surface area contributed by atoms with Gasteiger partial charge >= 0.3 is 5.97 Å². The molecule has 0 aromatic carbocycles. The lowest BCUT2D eigenvalue weighted by Gasteiger charge is -2.35. The van der Waals surface area contributed by atoms with Gasteiger partial charge in [-0.3, -0.25) is 4.79 Å². The number of rotatable bonds is 4. The molecule has 102 valence electrons. The first-order chi connectivity index (χ1) is 8.49. The molecule has 1 aliphatic rings. The lowest BCUT2D eigenvalue weighted by molar-refractivity contribution is -0.157. The molecule has 0 saturated carbocycles. The minimum atomic E-state index is -0.532. The van der Waals surface area contributed by atoms with Gasteiger partial charge in [-0.05, 0) is 33.1 Å². The van der Waals surface area contributed by atoms with Crippen LogP contribution in [0.25, 0.3) is 0 Å². The van der Waals surface area contributed by atoms with Crippen molar-refractivity contribution in [3.63, 3.8) is 0 Å². The summed E-state index contributed by atoms with van der Waals surface area (Å²) in [7, 11) is 0. The minimum Gasteiger partial charge on any atom is -0.464 e. The molecule has 1 aliphatic heterocycles. The maximum absolute atomic E-state index is 12.2. The van der Waals surface area contributed by atoms with Gasteiger partial charge in [-0.2, -0.15) is 0 Å². The number of carbonyl (C=O) groups is 2. The maximum Gasteiger partial charge on any atom is 0.328 e. The summed E-state index contributed by atoms with van der Waals surface area (Å²) in [5, 5.41) is 0. The Morgan fingerprint density at radius 1 is 1.50 bits per heavy atom. The van der Waals surface area contributed by atoms with Crippen LogP contribution in [-0.4, -0.2) is 41.0 Å². The average Bonchev–Trinajstić information content (AvgIpc) is 2.37. The van der Waals surface area contributed by atoms with Gasteiger partial charge in [0, 0.05) is 6.54 Å². The lowest BCUT2D eigenvalue weighted by Crippen LogP contribution is -2.51. The third kappa shape index (κ3) is 3.41. The number of piperidine rings is 1. The Labute approximate surface area is 113 Å². The zero-order valence-electron chi connectivity index (χ0n) is 10.8. The average molecular weight is 272 g/mol. The van der Waals surface area contributed by atoms with Crippen LogP contribution in [-0.2, 0) is 14.3 Å². The van der Waals surface area contributed by atoms with Crippen molar-refractivity contribution in [3.8, 4) is 0 Å². The molecule has 1 fully saturated rings. The smallest absolute Gasteiger partial charge is 0.328 e. The van der Waals surface area contributed by atoms with E-state index in [1.165, 1.54) is 0 Å². The van der Waals surface area contributed by atoms with E-state index in [9.17, 15) is 9.59 Å². The topological polar surface area (TPSA) is 72.6 Å². The van der Waals surface area contributed by atoms with Crippen molar-refractivity contribution in [2.75, 3.05) is 13.2 Å². The SMILES string of the molecule is CCOC(=O)C1CCCCN1C(=O)C(C)C(N)=S. The molecule has 1 saturated heterocycles. The Morgan fingerprint density at radius 2 is 2.17 bits per heavy atom. The van der Waals surface area contributed by atoms with Gasteiger partial charge in [-0.1, -0.05) is 12.2 Å². The van der Waals surface area contributed by atoms with Crippen LogP contribution in [0.5, 0.6) is 0 Å². The van der Waals surface area contributed by atoms with Crippen LogP contribution in [0.1, 0.15) is 33.1 Å². The summed E-state index contributed by atoms with van der Waals surface area (Å²) in [5.41, 5.74) is 5.49. The monoisotopic (exact) mass is 272 g/mol. The summed E-state index contributed by atoms with van der Waals surface area (Å²) in [6, 6.07) is -0.483. The molecule has 0 radical (unpaired) electrons. The highest BCUT2D eigenvalue weighted by Gasteiger charge is 2.35. The molecule has 0 aliphatic carbocycles. The number of likely N-dealkylation sites (tertiary alicyclic amines) is 1. The zero-order chi connectivity index (χ0) is 13.7.